The number of likely N-dealkylation sites (N-methyl/N-ethyl adjacent to an activating group) is 1. The van der Waals surface area contributed by atoms with Crippen LogP contribution in [0.5, 0.6) is 0 Å². The van der Waals surface area contributed by atoms with Crippen molar-refractivity contribution in [1.82, 2.24) is 4.98 Å². The molecule has 0 saturated heterocycles. The summed E-state index contributed by atoms with van der Waals surface area (Å²) in [6, 6.07) is 5.35. The third-order valence-electron chi connectivity index (χ3n) is 2.10. The van der Waals surface area contributed by atoms with E-state index in [9.17, 15) is 4.79 Å². The van der Waals surface area contributed by atoms with Gasteiger partial charge in [0, 0.05) is 12.7 Å². The fourth-order valence-electron chi connectivity index (χ4n) is 1.37. The SMILES string of the molecule is CN(CC(=O)O)c1nc2cc(N)ccc2o1. The highest BCUT2D eigenvalue weighted by atomic mass is 16.4. The summed E-state index contributed by atoms with van der Waals surface area (Å²) in [6.45, 7) is -0.164. The lowest BCUT2D eigenvalue weighted by molar-refractivity contribution is -0.135. The van der Waals surface area contributed by atoms with E-state index in [0.29, 0.717) is 16.8 Å². The van der Waals surface area contributed by atoms with E-state index in [4.69, 9.17) is 15.3 Å². The van der Waals surface area contributed by atoms with Gasteiger partial charge in [-0.2, -0.15) is 4.98 Å². The van der Waals surface area contributed by atoms with Gasteiger partial charge in [0.25, 0.3) is 6.01 Å². The number of nitrogens with zero attached hydrogens (tertiary/aromatic N) is 2. The van der Waals surface area contributed by atoms with Crippen molar-refractivity contribution < 1.29 is 14.3 Å². The Kier molecular flexibility index (Phi) is 2.40. The lowest BCUT2D eigenvalue weighted by Crippen LogP contribution is -2.25. The van der Waals surface area contributed by atoms with Crippen LogP contribution in [-0.4, -0.2) is 29.7 Å². The highest BCUT2D eigenvalue weighted by Gasteiger charge is 2.12. The van der Waals surface area contributed by atoms with Crippen molar-refractivity contribution in [3.63, 3.8) is 0 Å². The van der Waals surface area contributed by atoms with Crippen LogP contribution in [0, 0.1) is 0 Å². The third-order valence-corrected chi connectivity index (χ3v) is 2.10. The maximum atomic E-state index is 10.5. The Labute approximate surface area is 91.3 Å². The van der Waals surface area contributed by atoms with Crippen LogP contribution in [0.25, 0.3) is 11.1 Å². The van der Waals surface area contributed by atoms with Gasteiger partial charge in [-0.1, -0.05) is 0 Å². The largest absolute Gasteiger partial charge is 0.480 e. The monoisotopic (exact) mass is 221 g/mol. The molecule has 2 rings (SSSR count). The van der Waals surface area contributed by atoms with Crippen molar-refractivity contribution in [2.75, 3.05) is 24.2 Å². The van der Waals surface area contributed by atoms with Gasteiger partial charge < -0.3 is 20.2 Å². The van der Waals surface area contributed by atoms with Crippen LogP contribution in [-0.2, 0) is 4.79 Å². The molecule has 1 aromatic heterocycles. The summed E-state index contributed by atoms with van der Waals surface area (Å²) in [5, 5.41) is 8.63. The number of anilines is 2. The second-order valence-electron chi connectivity index (χ2n) is 3.47. The Morgan fingerprint density at radius 2 is 2.38 bits per heavy atom. The van der Waals surface area contributed by atoms with Gasteiger partial charge in [-0.05, 0) is 18.2 Å². The van der Waals surface area contributed by atoms with Crippen LogP contribution in [0.1, 0.15) is 0 Å². The molecule has 3 N–H and O–H groups in total. The Bertz CT molecular complexity index is 535. The van der Waals surface area contributed by atoms with E-state index in [1.807, 2.05) is 0 Å². The minimum atomic E-state index is -0.940. The average molecular weight is 221 g/mol. The minimum absolute atomic E-state index is 0.164. The average Bonchev–Trinajstić information content (AvgIpc) is 2.59. The quantitative estimate of drug-likeness (QED) is 0.749. The summed E-state index contributed by atoms with van der Waals surface area (Å²) in [7, 11) is 1.60. The second kappa shape index (κ2) is 3.73. The number of aliphatic carboxylic acids is 1. The number of carbonyl (C=O) groups is 1. The van der Waals surface area contributed by atoms with Gasteiger partial charge in [-0.3, -0.25) is 4.79 Å². The molecule has 1 aromatic carbocycles. The van der Waals surface area contributed by atoms with Crippen LogP contribution >= 0.6 is 0 Å². The number of rotatable bonds is 3. The number of nitrogens with two attached hydrogens (primary N) is 1. The molecule has 6 nitrogen and oxygen atoms in total. The first-order chi connectivity index (χ1) is 7.56. The molecule has 2 aromatic rings. The van der Waals surface area contributed by atoms with Gasteiger partial charge in [-0.25, -0.2) is 0 Å². The number of hydrogen-bond acceptors (Lipinski definition) is 5. The molecule has 0 aliphatic rings. The first-order valence-corrected chi connectivity index (χ1v) is 4.65. The van der Waals surface area contributed by atoms with Crippen molar-refractivity contribution in [1.29, 1.82) is 0 Å². The number of hydrogen-bond donors (Lipinski definition) is 2. The van der Waals surface area contributed by atoms with Crippen LogP contribution in [0.4, 0.5) is 11.7 Å². The number of carboxylic acid groups (broad SMARTS) is 1. The second-order valence-corrected chi connectivity index (χ2v) is 3.47. The van der Waals surface area contributed by atoms with E-state index in [0.717, 1.165) is 0 Å². The van der Waals surface area contributed by atoms with Crippen LogP contribution in [0.15, 0.2) is 22.6 Å². The van der Waals surface area contributed by atoms with Gasteiger partial charge in [0.1, 0.15) is 12.1 Å². The Morgan fingerprint density at radius 3 is 3.06 bits per heavy atom. The maximum absolute atomic E-state index is 10.5. The molecule has 84 valence electrons. The molecular weight excluding hydrogens is 210 g/mol. The Morgan fingerprint density at radius 1 is 1.62 bits per heavy atom. The van der Waals surface area contributed by atoms with Gasteiger partial charge in [-0.15, -0.1) is 0 Å². The summed E-state index contributed by atoms with van der Waals surface area (Å²) < 4.78 is 5.38. The Hall–Kier alpha value is -2.24. The predicted molar refractivity (Wildman–Crippen MR) is 59.3 cm³/mol. The van der Waals surface area contributed by atoms with Gasteiger partial charge >= 0.3 is 5.97 Å². The van der Waals surface area contributed by atoms with E-state index < -0.39 is 5.97 Å². The molecule has 0 radical (unpaired) electrons. The maximum Gasteiger partial charge on any atom is 0.323 e. The lowest BCUT2D eigenvalue weighted by atomic mass is 10.3. The van der Waals surface area contributed by atoms with Crippen molar-refractivity contribution in [2.24, 2.45) is 0 Å². The zero-order valence-electron chi connectivity index (χ0n) is 8.67. The van der Waals surface area contributed by atoms with E-state index in [-0.39, 0.29) is 12.6 Å². The smallest absolute Gasteiger partial charge is 0.323 e. The molecule has 6 heteroatoms. The molecule has 1 heterocycles. The molecule has 0 saturated carbocycles. The highest BCUT2D eigenvalue weighted by Crippen LogP contribution is 2.22. The van der Waals surface area contributed by atoms with Crippen molar-refractivity contribution in [3.8, 4) is 0 Å². The number of benzene rings is 1. The van der Waals surface area contributed by atoms with Gasteiger partial charge in [0.15, 0.2) is 5.58 Å². The molecule has 0 atom stereocenters. The number of oxazole rings is 1. The fourth-order valence-corrected chi connectivity index (χ4v) is 1.37. The van der Waals surface area contributed by atoms with Crippen LogP contribution < -0.4 is 10.6 Å². The molecule has 0 spiro atoms. The summed E-state index contributed by atoms with van der Waals surface area (Å²) >= 11 is 0. The van der Waals surface area contributed by atoms with E-state index in [1.165, 1.54) is 4.90 Å². The number of fused-ring (bicyclic) bond motifs is 1. The van der Waals surface area contributed by atoms with Gasteiger partial charge in [0.2, 0.25) is 0 Å². The summed E-state index contributed by atoms with van der Waals surface area (Å²) in [4.78, 5) is 16.1. The number of aromatic nitrogens is 1. The molecule has 0 unspecified atom stereocenters. The number of carboxylic acids is 1. The predicted octanol–water partition coefficient (Wildman–Crippen LogP) is 0.931. The summed E-state index contributed by atoms with van der Waals surface area (Å²) in [6.07, 6.45) is 0. The van der Waals surface area contributed by atoms with E-state index in [1.54, 1.807) is 25.2 Å². The third kappa shape index (κ3) is 1.90. The van der Waals surface area contributed by atoms with E-state index in [2.05, 4.69) is 4.98 Å². The van der Waals surface area contributed by atoms with Crippen LogP contribution in [0.3, 0.4) is 0 Å². The molecule has 0 aliphatic carbocycles. The standard InChI is InChI=1S/C10H11N3O3/c1-13(5-9(14)15)10-12-7-4-6(11)2-3-8(7)16-10/h2-4H,5,11H2,1H3,(H,14,15). The lowest BCUT2D eigenvalue weighted by Gasteiger charge is -2.09. The minimum Gasteiger partial charge on any atom is -0.480 e. The molecule has 0 bridgehead atoms. The van der Waals surface area contributed by atoms with Crippen molar-refractivity contribution in [2.45, 2.75) is 0 Å². The van der Waals surface area contributed by atoms with Crippen molar-refractivity contribution >= 4 is 28.8 Å². The summed E-state index contributed by atoms with van der Waals surface area (Å²) in [5.41, 5.74) is 7.39. The normalized spacial score (nSPS) is 10.6. The molecule has 0 amide bonds. The Balaban J connectivity index is 2.35. The van der Waals surface area contributed by atoms with Crippen molar-refractivity contribution in [3.05, 3.63) is 18.2 Å². The molecule has 16 heavy (non-hydrogen) atoms. The van der Waals surface area contributed by atoms with E-state index >= 15 is 0 Å². The van der Waals surface area contributed by atoms with Gasteiger partial charge in [0.05, 0.1) is 0 Å². The highest BCUT2D eigenvalue weighted by molar-refractivity contribution is 5.79. The zero-order chi connectivity index (χ0) is 11.7. The molecule has 0 fully saturated rings. The number of nitrogen functional groups attached to an aromatic ring is 1. The molecular formula is C10H11N3O3. The first-order valence-electron chi connectivity index (χ1n) is 4.65. The molecule has 0 aliphatic heterocycles. The fraction of sp³-hybridized carbons (Fsp3) is 0.200. The summed E-state index contributed by atoms with van der Waals surface area (Å²) in [5.74, 6) is -0.940. The topological polar surface area (TPSA) is 92.6 Å². The zero-order valence-corrected chi connectivity index (χ0v) is 8.67. The first kappa shape index (κ1) is 10.3. The van der Waals surface area contributed by atoms with Crippen LogP contribution in [0.2, 0.25) is 0 Å².